The van der Waals surface area contributed by atoms with Gasteiger partial charge in [0.1, 0.15) is 12.2 Å². The molecule has 1 aromatic carbocycles. The number of nitrogens with zero attached hydrogens (tertiary/aromatic N) is 5. The SMILES string of the molecule is Cl.Cn1cnnc1C1CN(C(=O)C2CC2)CC12CCN(C(=O)Cc1cccc(Cl)c1)CC2. The maximum absolute atomic E-state index is 12.9. The summed E-state index contributed by atoms with van der Waals surface area (Å²) < 4.78 is 1.98. The third kappa shape index (κ3) is 4.37. The Labute approximate surface area is 199 Å². The molecule has 2 amide bonds. The van der Waals surface area contributed by atoms with Gasteiger partial charge in [0.2, 0.25) is 11.8 Å². The van der Waals surface area contributed by atoms with E-state index in [0.29, 0.717) is 37.0 Å². The van der Waals surface area contributed by atoms with Crippen molar-refractivity contribution < 1.29 is 9.59 Å². The van der Waals surface area contributed by atoms with Crippen molar-refractivity contribution in [1.82, 2.24) is 24.6 Å². The van der Waals surface area contributed by atoms with Crippen molar-refractivity contribution in [3.63, 3.8) is 0 Å². The lowest BCUT2D eigenvalue weighted by molar-refractivity contribution is -0.134. The second kappa shape index (κ2) is 9.02. The molecule has 3 aliphatic rings. The largest absolute Gasteiger partial charge is 0.342 e. The number of rotatable bonds is 4. The average molecular weight is 478 g/mol. The van der Waals surface area contributed by atoms with E-state index in [4.69, 9.17) is 11.6 Å². The van der Waals surface area contributed by atoms with Crippen molar-refractivity contribution in [2.75, 3.05) is 26.2 Å². The molecule has 2 saturated heterocycles. The summed E-state index contributed by atoms with van der Waals surface area (Å²) in [6.45, 7) is 2.88. The minimum Gasteiger partial charge on any atom is -0.342 e. The molecule has 3 fully saturated rings. The predicted molar refractivity (Wildman–Crippen MR) is 124 cm³/mol. The molecule has 5 rings (SSSR count). The normalized spacial score (nSPS) is 22.1. The Morgan fingerprint density at radius 3 is 2.56 bits per heavy atom. The van der Waals surface area contributed by atoms with Crippen LogP contribution in [0.15, 0.2) is 30.6 Å². The molecule has 0 N–H and O–H groups in total. The molecule has 1 spiro atoms. The van der Waals surface area contributed by atoms with Crippen LogP contribution in [0.5, 0.6) is 0 Å². The summed E-state index contributed by atoms with van der Waals surface area (Å²) in [6.07, 6.45) is 5.89. The summed E-state index contributed by atoms with van der Waals surface area (Å²) in [5, 5.41) is 9.15. The molecule has 1 atom stereocenters. The highest BCUT2D eigenvalue weighted by molar-refractivity contribution is 6.30. The van der Waals surface area contributed by atoms with Gasteiger partial charge in [-0.25, -0.2) is 0 Å². The minimum absolute atomic E-state index is 0. The lowest BCUT2D eigenvalue weighted by Crippen LogP contribution is -2.47. The molecule has 0 bridgehead atoms. The molecular formula is C23H29Cl2N5O2. The summed E-state index contributed by atoms with van der Waals surface area (Å²) in [5.74, 6) is 1.76. The number of carbonyl (C=O) groups excluding carboxylic acids is 2. The summed E-state index contributed by atoms with van der Waals surface area (Å²) in [7, 11) is 1.97. The third-order valence-electron chi connectivity index (χ3n) is 7.30. The number of amides is 2. The van der Waals surface area contributed by atoms with Crippen LogP contribution in [0.3, 0.4) is 0 Å². The molecule has 1 unspecified atom stereocenters. The number of piperidine rings is 1. The van der Waals surface area contributed by atoms with Crippen LogP contribution < -0.4 is 0 Å². The van der Waals surface area contributed by atoms with Crippen molar-refractivity contribution in [3.8, 4) is 0 Å². The Bertz CT molecular complexity index is 998. The zero-order chi connectivity index (χ0) is 21.6. The first-order valence-electron chi connectivity index (χ1n) is 11.1. The van der Waals surface area contributed by atoms with Crippen LogP contribution in [0, 0.1) is 11.3 Å². The Kier molecular flexibility index (Phi) is 6.50. The number of halogens is 2. The highest BCUT2D eigenvalue weighted by Gasteiger charge is 2.53. The average Bonchev–Trinajstić information content (AvgIpc) is 3.43. The molecule has 7 nitrogen and oxygen atoms in total. The van der Waals surface area contributed by atoms with Gasteiger partial charge in [0, 0.05) is 55.5 Å². The van der Waals surface area contributed by atoms with E-state index in [2.05, 4.69) is 15.1 Å². The third-order valence-corrected chi connectivity index (χ3v) is 7.54. The summed E-state index contributed by atoms with van der Waals surface area (Å²) in [4.78, 5) is 29.8. The molecule has 3 heterocycles. The predicted octanol–water partition coefficient (Wildman–Crippen LogP) is 3.08. The van der Waals surface area contributed by atoms with Crippen molar-refractivity contribution >= 4 is 35.8 Å². The van der Waals surface area contributed by atoms with Crippen LogP contribution in [0.1, 0.15) is 43.0 Å². The topological polar surface area (TPSA) is 71.3 Å². The number of hydrogen-bond acceptors (Lipinski definition) is 4. The fraction of sp³-hybridized carbons (Fsp3) is 0.565. The summed E-state index contributed by atoms with van der Waals surface area (Å²) in [6, 6.07) is 7.50. The Morgan fingerprint density at radius 1 is 1.19 bits per heavy atom. The van der Waals surface area contributed by atoms with E-state index in [1.165, 1.54) is 0 Å². The van der Waals surface area contributed by atoms with Crippen LogP contribution >= 0.6 is 24.0 Å². The highest BCUT2D eigenvalue weighted by atomic mass is 35.5. The first-order chi connectivity index (χ1) is 14.9. The quantitative estimate of drug-likeness (QED) is 0.678. The lowest BCUT2D eigenvalue weighted by Gasteiger charge is -2.42. The maximum Gasteiger partial charge on any atom is 0.226 e. The smallest absolute Gasteiger partial charge is 0.226 e. The second-order valence-electron chi connectivity index (χ2n) is 9.40. The van der Waals surface area contributed by atoms with E-state index >= 15 is 0 Å². The number of benzene rings is 1. The van der Waals surface area contributed by atoms with Gasteiger partial charge in [-0.1, -0.05) is 23.7 Å². The number of carbonyl (C=O) groups is 2. The molecule has 9 heteroatoms. The van der Waals surface area contributed by atoms with Crippen LogP contribution in [-0.4, -0.2) is 62.6 Å². The van der Waals surface area contributed by atoms with Gasteiger partial charge in [-0.15, -0.1) is 22.6 Å². The van der Waals surface area contributed by atoms with Gasteiger partial charge in [0.25, 0.3) is 0 Å². The van der Waals surface area contributed by atoms with Crippen molar-refractivity contribution in [1.29, 1.82) is 0 Å². The molecule has 2 aromatic rings. The molecule has 1 aliphatic carbocycles. The zero-order valence-electron chi connectivity index (χ0n) is 18.2. The van der Waals surface area contributed by atoms with Crippen molar-refractivity contribution in [2.45, 2.75) is 38.0 Å². The number of likely N-dealkylation sites (tertiary alicyclic amines) is 2. The monoisotopic (exact) mass is 477 g/mol. The Morgan fingerprint density at radius 2 is 1.94 bits per heavy atom. The molecular weight excluding hydrogens is 449 g/mol. The molecule has 2 aliphatic heterocycles. The highest BCUT2D eigenvalue weighted by Crippen LogP contribution is 2.50. The van der Waals surface area contributed by atoms with E-state index in [1.54, 1.807) is 6.33 Å². The van der Waals surface area contributed by atoms with Crippen molar-refractivity contribution in [2.24, 2.45) is 18.4 Å². The Hall–Kier alpha value is -2.12. The van der Waals surface area contributed by atoms with Gasteiger partial charge >= 0.3 is 0 Å². The minimum atomic E-state index is -0.0435. The van der Waals surface area contributed by atoms with Gasteiger partial charge in [-0.05, 0) is 43.4 Å². The molecule has 1 saturated carbocycles. The summed E-state index contributed by atoms with van der Waals surface area (Å²) in [5.41, 5.74) is 0.898. The van der Waals surface area contributed by atoms with E-state index < -0.39 is 0 Å². The summed E-state index contributed by atoms with van der Waals surface area (Å²) >= 11 is 6.07. The molecule has 1 aromatic heterocycles. The Balaban J connectivity index is 0.00000245. The maximum atomic E-state index is 12.9. The fourth-order valence-corrected chi connectivity index (χ4v) is 5.54. The number of aromatic nitrogens is 3. The van der Waals surface area contributed by atoms with Gasteiger partial charge in [0.05, 0.1) is 6.42 Å². The van der Waals surface area contributed by atoms with Crippen molar-refractivity contribution in [3.05, 3.63) is 47.0 Å². The first-order valence-corrected chi connectivity index (χ1v) is 11.5. The fourth-order valence-electron chi connectivity index (χ4n) is 5.33. The van der Waals surface area contributed by atoms with Crippen LogP contribution in [-0.2, 0) is 23.1 Å². The number of hydrogen-bond donors (Lipinski definition) is 0. The molecule has 172 valence electrons. The van der Waals surface area contributed by atoms with Crippen LogP contribution in [0.2, 0.25) is 5.02 Å². The van der Waals surface area contributed by atoms with E-state index in [-0.39, 0.29) is 35.6 Å². The van der Waals surface area contributed by atoms with E-state index in [9.17, 15) is 9.59 Å². The van der Waals surface area contributed by atoms with Gasteiger partial charge in [-0.3, -0.25) is 9.59 Å². The van der Waals surface area contributed by atoms with Crippen LogP contribution in [0.25, 0.3) is 0 Å². The van der Waals surface area contributed by atoms with E-state index in [0.717, 1.165) is 43.6 Å². The standard InChI is InChI=1S/C23H28ClN5O2.ClH/c1-27-15-25-26-21(27)19-13-29(22(31)17-5-6-17)14-23(19)7-9-28(10-8-23)20(30)12-16-3-2-4-18(24)11-16;/h2-4,11,15,17,19H,5-10,12-14H2,1H3;1H. The van der Waals surface area contributed by atoms with Crippen LogP contribution in [0.4, 0.5) is 0 Å². The van der Waals surface area contributed by atoms with Gasteiger partial charge in [-0.2, -0.15) is 0 Å². The second-order valence-corrected chi connectivity index (χ2v) is 9.83. The van der Waals surface area contributed by atoms with Gasteiger partial charge < -0.3 is 14.4 Å². The molecule has 32 heavy (non-hydrogen) atoms. The zero-order valence-corrected chi connectivity index (χ0v) is 19.8. The van der Waals surface area contributed by atoms with E-state index in [1.807, 2.05) is 40.8 Å². The molecule has 0 radical (unpaired) electrons. The van der Waals surface area contributed by atoms with Gasteiger partial charge in [0.15, 0.2) is 0 Å². The lowest BCUT2D eigenvalue weighted by atomic mass is 9.70. The first kappa shape index (κ1) is 23.1. The number of aryl methyl sites for hydroxylation is 1.